The largest absolute Gasteiger partial charge is 0.396 e. The Morgan fingerprint density at radius 2 is 2.10 bits per heavy atom. The SMILES string of the molecule is Nc1c(C(=O)Nc2ccc(F)cc2F)sc2cccnc12. The van der Waals surface area contributed by atoms with Crippen LogP contribution in [0.15, 0.2) is 36.5 Å². The smallest absolute Gasteiger partial charge is 0.268 e. The summed E-state index contributed by atoms with van der Waals surface area (Å²) in [5, 5.41) is 2.38. The number of fused-ring (bicyclic) bond motifs is 1. The molecule has 3 rings (SSSR count). The van der Waals surface area contributed by atoms with Gasteiger partial charge in [0.1, 0.15) is 22.0 Å². The normalized spacial score (nSPS) is 10.8. The van der Waals surface area contributed by atoms with Gasteiger partial charge in [0.05, 0.1) is 16.1 Å². The predicted octanol–water partition coefficient (Wildman–Crippen LogP) is 3.41. The van der Waals surface area contributed by atoms with Crippen LogP contribution in [0.25, 0.3) is 10.2 Å². The number of nitrogens with one attached hydrogen (secondary N) is 1. The highest BCUT2D eigenvalue weighted by Gasteiger charge is 2.18. The molecule has 0 fully saturated rings. The molecule has 3 aromatic rings. The second kappa shape index (κ2) is 5.10. The van der Waals surface area contributed by atoms with E-state index in [1.165, 1.54) is 0 Å². The van der Waals surface area contributed by atoms with Gasteiger partial charge < -0.3 is 11.1 Å². The summed E-state index contributed by atoms with van der Waals surface area (Å²) in [7, 11) is 0. The fourth-order valence-electron chi connectivity index (χ4n) is 1.89. The Balaban J connectivity index is 1.95. The number of anilines is 2. The van der Waals surface area contributed by atoms with Gasteiger partial charge in [0.25, 0.3) is 5.91 Å². The average Bonchev–Trinajstić information content (AvgIpc) is 2.80. The van der Waals surface area contributed by atoms with E-state index in [0.717, 1.165) is 28.2 Å². The Bertz CT molecular complexity index is 847. The Morgan fingerprint density at radius 1 is 1.29 bits per heavy atom. The van der Waals surface area contributed by atoms with Crippen LogP contribution in [0.1, 0.15) is 9.67 Å². The van der Waals surface area contributed by atoms with Crippen LogP contribution in [0.3, 0.4) is 0 Å². The fraction of sp³-hybridized carbons (Fsp3) is 0. The minimum atomic E-state index is -0.846. The molecule has 0 saturated carbocycles. The first-order valence-electron chi connectivity index (χ1n) is 5.95. The molecule has 0 aliphatic carbocycles. The second-order valence-electron chi connectivity index (χ2n) is 4.27. The van der Waals surface area contributed by atoms with Gasteiger partial charge in [-0.2, -0.15) is 0 Å². The Morgan fingerprint density at radius 3 is 2.81 bits per heavy atom. The number of rotatable bonds is 2. The number of nitrogen functional groups attached to an aromatic ring is 1. The van der Waals surface area contributed by atoms with Gasteiger partial charge in [0.15, 0.2) is 0 Å². The van der Waals surface area contributed by atoms with Crippen LogP contribution in [-0.2, 0) is 0 Å². The van der Waals surface area contributed by atoms with Crippen LogP contribution in [0.5, 0.6) is 0 Å². The molecule has 2 heterocycles. The van der Waals surface area contributed by atoms with Crippen molar-refractivity contribution in [3.8, 4) is 0 Å². The van der Waals surface area contributed by atoms with Crippen LogP contribution < -0.4 is 11.1 Å². The Kier molecular flexibility index (Phi) is 3.26. The van der Waals surface area contributed by atoms with Crippen molar-refractivity contribution < 1.29 is 13.6 Å². The highest BCUT2D eigenvalue weighted by atomic mass is 32.1. The van der Waals surface area contributed by atoms with Gasteiger partial charge in [-0.25, -0.2) is 8.78 Å². The topological polar surface area (TPSA) is 68.0 Å². The number of carbonyl (C=O) groups excluding carboxylic acids is 1. The fourth-order valence-corrected chi connectivity index (χ4v) is 2.86. The molecule has 106 valence electrons. The second-order valence-corrected chi connectivity index (χ2v) is 5.33. The zero-order valence-corrected chi connectivity index (χ0v) is 11.4. The zero-order valence-electron chi connectivity index (χ0n) is 10.6. The molecule has 0 aliphatic rings. The van der Waals surface area contributed by atoms with E-state index in [2.05, 4.69) is 10.3 Å². The van der Waals surface area contributed by atoms with E-state index in [9.17, 15) is 13.6 Å². The molecule has 0 atom stereocenters. The third-order valence-corrected chi connectivity index (χ3v) is 4.03. The number of nitrogens with two attached hydrogens (primary N) is 1. The van der Waals surface area contributed by atoms with Gasteiger partial charge in [-0.3, -0.25) is 9.78 Å². The molecular formula is C14H9F2N3OS. The highest BCUT2D eigenvalue weighted by molar-refractivity contribution is 7.21. The van der Waals surface area contributed by atoms with Crippen molar-refractivity contribution in [2.45, 2.75) is 0 Å². The molecule has 21 heavy (non-hydrogen) atoms. The molecule has 0 spiro atoms. The van der Waals surface area contributed by atoms with Gasteiger partial charge in [-0.15, -0.1) is 11.3 Å². The van der Waals surface area contributed by atoms with E-state index in [4.69, 9.17) is 5.73 Å². The van der Waals surface area contributed by atoms with Crippen molar-refractivity contribution in [1.29, 1.82) is 0 Å². The first-order valence-corrected chi connectivity index (χ1v) is 6.77. The van der Waals surface area contributed by atoms with Gasteiger partial charge in [-0.05, 0) is 24.3 Å². The zero-order chi connectivity index (χ0) is 15.0. The van der Waals surface area contributed by atoms with Crippen LogP contribution in [-0.4, -0.2) is 10.9 Å². The summed E-state index contributed by atoms with van der Waals surface area (Å²) >= 11 is 1.16. The summed E-state index contributed by atoms with van der Waals surface area (Å²) in [6.07, 6.45) is 1.58. The lowest BCUT2D eigenvalue weighted by molar-refractivity contribution is 0.103. The van der Waals surface area contributed by atoms with Gasteiger partial charge in [0, 0.05) is 12.3 Å². The predicted molar refractivity (Wildman–Crippen MR) is 78.3 cm³/mol. The van der Waals surface area contributed by atoms with Crippen molar-refractivity contribution in [2.24, 2.45) is 0 Å². The van der Waals surface area contributed by atoms with E-state index < -0.39 is 17.5 Å². The number of carbonyl (C=O) groups is 1. The van der Waals surface area contributed by atoms with Crippen LogP contribution in [0.2, 0.25) is 0 Å². The molecule has 1 amide bonds. The maximum Gasteiger partial charge on any atom is 0.268 e. The van der Waals surface area contributed by atoms with Gasteiger partial charge in [0.2, 0.25) is 0 Å². The van der Waals surface area contributed by atoms with E-state index in [1.807, 2.05) is 0 Å². The van der Waals surface area contributed by atoms with E-state index in [-0.39, 0.29) is 16.3 Å². The van der Waals surface area contributed by atoms with Crippen LogP contribution in [0.4, 0.5) is 20.2 Å². The molecule has 0 bridgehead atoms. The molecule has 0 saturated heterocycles. The van der Waals surface area contributed by atoms with E-state index in [0.29, 0.717) is 11.6 Å². The van der Waals surface area contributed by atoms with Crippen molar-refractivity contribution in [3.63, 3.8) is 0 Å². The maximum absolute atomic E-state index is 13.5. The van der Waals surface area contributed by atoms with E-state index >= 15 is 0 Å². The number of aromatic nitrogens is 1. The summed E-state index contributed by atoms with van der Waals surface area (Å²) in [6, 6.07) is 6.45. The number of pyridine rings is 1. The summed E-state index contributed by atoms with van der Waals surface area (Å²) in [6.45, 7) is 0. The Hall–Kier alpha value is -2.54. The summed E-state index contributed by atoms with van der Waals surface area (Å²) in [5.41, 5.74) is 6.56. The number of amides is 1. The lowest BCUT2D eigenvalue weighted by atomic mass is 10.2. The minimum Gasteiger partial charge on any atom is -0.396 e. The number of benzene rings is 1. The standard InChI is InChI=1S/C14H9F2N3OS/c15-7-3-4-9(8(16)6-7)19-14(20)13-11(17)12-10(21-13)2-1-5-18-12/h1-6H,17H2,(H,19,20). The highest BCUT2D eigenvalue weighted by Crippen LogP contribution is 2.32. The first-order chi connectivity index (χ1) is 10.1. The van der Waals surface area contributed by atoms with Crippen molar-refractivity contribution in [3.05, 3.63) is 53.0 Å². The van der Waals surface area contributed by atoms with Crippen molar-refractivity contribution in [2.75, 3.05) is 11.1 Å². The van der Waals surface area contributed by atoms with Gasteiger partial charge in [-0.1, -0.05) is 0 Å². The number of halogens is 2. The third-order valence-electron chi connectivity index (χ3n) is 2.87. The van der Waals surface area contributed by atoms with Crippen molar-refractivity contribution >= 4 is 38.8 Å². The third kappa shape index (κ3) is 2.43. The van der Waals surface area contributed by atoms with Crippen LogP contribution in [0, 0.1) is 11.6 Å². The summed E-state index contributed by atoms with van der Waals surface area (Å²) in [5.74, 6) is -2.11. The molecule has 4 nitrogen and oxygen atoms in total. The van der Waals surface area contributed by atoms with E-state index in [1.54, 1.807) is 18.3 Å². The molecule has 2 aromatic heterocycles. The molecule has 0 unspecified atom stereocenters. The molecule has 3 N–H and O–H groups in total. The molecule has 0 aliphatic heterocycles. The van der Waals surface area contributed by atoms with Crippen molar-refractivity contribution in [1.82, 2.24) is 4.98 Å². The van der Waals surface area contributed by atoms with Crippen LogP contribution >= 0.6 is 11.3 Å². The summed E-state index contributed by atoms with van der Waals surface area (Å²) in [4.78, 5) is 16.5. The lowest BCUT2D eigenvalue weighted by Crippen LogP contribution is -2.13. The lowest BCUT2D eigenvalue weighted by Gasteiger charge is -2.05. The van der Waals surface area contributed by atoms with Gasteiger partial charge >= 0.3 is 0 Å². The molecule has 7 heteroatoms. The first kappa shape index (κ1) is 13.4. The Labute approximate surface area is 122 Å². The molecular weight excluding hydrogens is 296 g/mol. The number of thiophene rings is 1. The summed E-state index contributed by atoms with van der Waals surface area (Å²) < 4.78 is 27.1. The number of nitrogens with zero attached hydrogens (tertiary/aromatic N) is 1. The molecule has 0 radical (unpaired) electrons. The quantitative estimate of drug-likeness (QED) is 0.762. The minimum absolute atomic E-state index is 0.105. The monoisotopic (exact) mass is 305 g/mol. The molecule has 1 aromatic carbocycles. The number of hydrogen-bond donors (Lipinski definition) is 2. The average molecular weight is 305 g/mol. The maximum atomic E-state index is 13.5. The number of hydrogen-bond acceptors (Lipinski definition) is 4.